The third kappa shape index (κ3) is 3.13. The second-order valence-electron chi connectivity index (χ2n) is 4.77. The zero-order valence-corrected chi connectivity index (χ0v) is 10.7. The Morgan fingerprint density at radius 3 is 2.41 bits per heavy atom. The fourth-order valence-electron chi connectivity index (χ4n) is 2.35. The monoisotopic (exact) mass is 233 g/mol. The van der Waals surface area contributed by atoms with E-state index in [4.69, 9.17) is 5.73 Å². The van der Waals surface area contributed by atoms with E-state index < -0.39 is 0 Å². The second-order valence-corrected chi connectivity index (χ2v) is 4.77. The van der Waals surface area contributed by atoms with Crippen LogP contribution in [0, 0.1) is 0 Å². The number of rotatable bonds is 5. The lowest BCUT2D eigenvalue weighted by molar-refractivity contribution is 0.795. The Morgan fingerprint density at radius 1 is 1.18 bits per heavy atom. The van der Waals surface area contributed by atoms with E-state index in [2.05, 4.69) is 41.1 Å². The van der Waals surface area contributed by atoms with Gasteiger partial charge < -0.3 is 15.5 Å². The summed E-state index contributed by atoms with van der Waals surface area (Å²) in [5, 5.41) is 0. The lowest BCUT2D eigenvalue weighted by Gasteiger charge is -2.21. The van der Waals surface area contributed by atoms with Crippen molar-refractivity contribution in [2.24, 2.45) is 5.73 Å². The lowest BCUT2D eigenvalue weighted by Crippen LogP contribution is -2.21. The molecular weight excluding hydrogens is 210 g/mol. The predicted octanol–water partition coefficient (Wildman–Crippen LogP) is 2.07. The smallest absolute Gasteiger partial charge is 0.0367 e. The Bertz CT molecular complexity index is 328. The van der Waals surface area contributed by atoms with Crippen LogP contribution in [0.3, 0.4) is 0 Å². The Kier molecular flexibility index (Phi) is 4.26. The number of anilines is 2. The van der Waals surface area contributed by atoms with Gasteiger partial charge in [0.05, 0.1) is 0 Å². The maximum Gasteiger partial charge on any atom is 0.0367 e. The number of hydrogen-bond acceptors (Lipinski definition) is 3. The molecule has 0 unspecified atom stereocenters. The highest BCUT2D eigenvalue weighted by Gasteiger charge is 2.12. The molecule has 2 N–H and O–H groups in total. The average molecular weight is 233 g/mol. The van der Waals surface area contributed by atoms with Crippen molar-refractivity contribution in [3.05, 3.63) is 24.3 Å². The summed E-state index contributed by atoms with van der Waals surface area (Å²) in [6.45, 7) is 4.21. The number of nitrogens with two attached hydrogens (primary N) is 1. The van der Waals surface area contributed by atoms with E-state index in [9.17, 15) is 0 Å². The molecule has 1 aliphatic rings. The van der Waals surface area contributed by atoms with Crippen molar-refractivity contribution in [3.63, 3.8) is 0 Å². The van der Waals surface area contributed by atoms with E-state index in [-0.39, 0.29) is 0 Å². The molecule has 1 aliphatic heterocycles. The van der Waals surface area contributed by atoms with Gasteiger partial charge in [-0.2, -0.15) is 0 Å². The topological polar surface area (TPSA) is 32.5 Å². The van der Waals surface area contributed by atoms with Gasteiger partial charge >= 0.3 is 0 Å². The van der Waals surface area contributed by atoms with Crippen LogP contribution < -0.4 is 15.5 Å². The van der Waals surface area contributed by atoms with Crippen molar-refractivity contribution in [3.8, 4) is 0 Å². The summed E-state index contributed by atoms with van der Waals surface area (Å²) >= 11 is 0. The maximum atomic E-state index is 5.53. The van der Waals surface area contributed by atoms with Crippen LogP contribution in [-0.2, 0) is 0 Å². The van der Waals surface area contributed by atoms with E-state index in [0.717, 1.165) is 19.5 Å². The summed E-state index contributed by atoms with van der Waals surface area (Å²) in [7, 11) is 2.13. The molecule has 0 radical (unpaired) electrons. The van der Waals surface area contributed by atoms with Crippen molar-refractivity contribution >= 4 is 11.4 Å². The van der Waals surface area contributed by atoms with E-state index in [1.165, 1.54) is 37.3 Å². The Balaban J connectivity index is 1.96. The summed E-state index contributed by atoms with van der Waals surface area (Å²) in [5.41, 5.74) is 8.17. The van der Waals surface area contributed by atoms with Crippen LogP contribution in [0.2, 0.25) is 0 Å². The third-order valence-electron chi connectivity index (χ3n) is 3.46. The zero-order valence-electron chi connectivity index (χ0n) is 10.7. The molecule has 0 aromatic heterocycles. The summed E-state index contributed by atoms with van der Waals surface area (Å²) in [6, 6.07) is 8.90. The van der Waals surface area contributed by atoms with Crippen LogP contribution in [0.1, 0.15) is 19.3 Å². The second kappa shape index (κ2) is 5.92. The summed E-state index contributed by atoms with van der Waals surface area (Å²) < 4.78 is 0. The fraction of sp³-hybridized carbons (Fsp3) is 0.571. The van der Waals surface area contributed by atoms with Crippen LogP contribution >= 0.6 is 0 Å². The third-order valence-corrected chi connectivity index (χ3v) is 3.46. The lowest BCUT2D eigenvalue weighted by atomic mass is 10.2. The summed E-state index contributed by atoms with van der Waals surface area (Å²) in [5.74, 6) is 0. The minimum absolute atomic E-state index is 0.760. The van der Waals surface area contributed by atoms with Gasteiger partial charge in [-0.15, -0.1) is 0 Å². The SMILES string of the molecule is CN(CCCN)c1ccc(N2CCCC2)cc1. The maximum absolute atomic E-state index is 5.53. The summed E-state index contributed by atoms with van der Waals surface area (Å²) in [6.07, 6.45) is 3.71. The minimum atomic E-state index is 0.760. The molecule has 0 bridgehead atoms. The highest BCUT2D eigenvalue weighted by atomic mass is 15.1. The Morgan fingerprint density at radius 2 is 1.82 bits per heavy atom. The van der Waals surface area contributed by atoms with Gasteiger partial charge in [-0.1, -0.05) is 0 Å². The number of benzene rings is 1. The molecule has 1 aromatic carbocycles. The van der Waals surface area contributed by atoms with E-state index in [0.29, 0.717) is 0 Å². The quantitative estimate of drug-likeness (QED) is 0.845. The van der Waals surface area contributed by atoms with Crippen molar-refractivity contribution in [1.29, 1.82) is 0 Å². The van der Waals surface area contributed by atoms with E-state index in [1.54, 1.807) is 0 Å². The first-order chi connectivity index (χ1) is 8.31. The Hall–Kier alpha value is -1.22. The van der Waals surface area contributed by atoms with Crippen LogP contribution in [0.25, 0.3) is 0 Å². The molecule has 94 valence electrons. The molecule has 3 nitrogen and oxygen atoms in total. The average Bonchev–Trinajstić information content (AvgIpc) is 2.90. The molecule has 1 heterocycles. The van der Waals surface area contributed by atoms with Gasteiger partial charge in [-0.3, -0.25) is 0 Å². The highest BCUT2D eigenvalue weighted by molar-refractivity contribution is 5.56. The van der Waals surface area contributed by atoms with Gasteiger partial charge in [0.2, 0.25) is 0 Å². The molecule has 1 aromatic rings. The first-order valence-electron chi connectivity index (χ1n) is 6.57. The first-order valence-corrected chi connectivity index (χ1v) is 6.57. The summed E-state index contributed by atoms with van der Waals surface area (Å²) in [4.78, 5) is 4.73. The highest BCUT2D eigenvalue weighted by Crippen LogP contribution is 2.23. The number of hydrogen-bond donors (Lipinski definition) is 1. The Labute approximate surface area is 104 Å². The fourth-order valence-corrected chi connectivity index (χ4v) is 2.35. The van der Waals surface area contributed by atoms with E-state index in [1.807, 2.05) is 0 Å². The van der Waals surface area contributed by atoms with Crippen LogP contribution in [0.5, 0.6) is 0 Å². The normalized spacial score (nSPS) is 15.3. The van der Waals surface area contributed by atoms with Crippen molar-refractivity contribution < 1.29 is 0 Å². The van der Waals surface area contributed by atoms with Gasteiger partial charge in [-0.25, -0.2) is 0 Å². The van der Waals surface area contributed by atoms with Gasteiger partial charge in [0.15, 0.2) is 0 Å². The molecular formula is C14H23N3. The first kappa shape index (κ1) is 12.2. The molecule has 0 atom stereocenters. The van der Waals surface area contributed by atoms with Crippen LogP contribution in [0.4, 0.5) is 11.4 Å². The standard InChI is InChI=1S/C14H23N3/c1-16(10-4-9-15)13-5-7-14(8-6-13)17-11-2-3-12-17/h5-8H,2-4,9-12,15H2,1H3. The van der Waals surface area contributed by atoms with Crippen molar-refractivity contribution in [1.82, 2.24) is 0 Å². The molecule has 0 amide bonds. The van der Waals surface area contributed by atoms with Gasteiger partial charge in [-0.05, 0) is 50.1 Å². The van der Waals surface area contributed by atoms with E-state index >= 15 is 0 Å². The molecule has 0 saturated carbocycles. The molecule has 3 heteroatoms. The molecule has 1 fully saturated rings. The predicted molar refractivity (Wildman–Crippen MR) is 74.8 cm³/mol. The van der Waals surface area contributed by atoms with Gasteiger partial charge in [0, 0.05) is 38.1 Å². The largest absolute Gasteiger partial charge is 0.375 e. The van der Waals surface area contributed by atoms with Gasteiger partial charge in [0.25, 0.3) is 0 Å². The zero-order chi connectivity index (χ0) is 12.1. The van der Waals surface area contributed by atoms with Crippen molar-refractivity contribution in [2.75, 3.05) is 43.0 Å². The molecule has 1 saturated heterocycles. The van der Waals surface area contributed by atoms with Crippen LogP contribution in [0.15, 0.2) is 24.3 Å². The molecule has 2 rings (SSSR count). The van der Waals surface area contributed by atoms with Crippen molar-refractivity contribution in [2.45, 2.75) is 19.3 Å². The molecule has 17 heavy (non-hydrogen) atoms. The molecule has 0 spiro atoms. The van der Waals surface area contributed by atoms with Gasteiger partial charge in [0.1, 0.15) is 0 Å². The van der Waals surface area contributed by atoms with Crippen LogP contribution in [-0.4, -0.2) is 33.2 Å². The minimum Gasteiger partial charge on any atom is -0.375 e. The number of nitrogens with zero attached hydrogens (tertiary/aromatic N) is 2. The molecule has 0 aliphatic carbocycles.